The SMILES string of the molecule is C=CCc1cc(O)cc(CO)c1O. The summed E-state index contributed by atoms with van der Waals surface area (Å²) in [6, 6.07) is 2.79. The maximum Gasteiger partial charge on any atom is 0.124 e. The van der Waals surface area contributed by atoms with Crippen molar-refractivity contribution in [3.8, 4) is 11.5 Å². The minimum atomic E-state index is -0.287. The largest absolute Gasteiger partial charge is 0.508 e. The molecule has 0 aliphatic heterocycles. The van der Waals surface area contributed by atoms with Gasteiger partial charge in [-0.3, -0.25) is 0 Å². The van der Waals surface area contributed by atoms with Crippen LogP contribution in [0.25, 0.3) is 0 Å². The molecule has 0 fully saturated rings. The van der Waals surface area contributed by atoms with Crippen molar-refractivity contribution in [1.29, 1.82) is 0 Å². The van der Waals surface area contributed by atoms with E-state index in [1.165, 1.54) is 12.1 Å². The molecule has 0 bridgehead atoms. The lowest BCUT2D eigenvalue weighted by atomic mass is 10.1. The molecule has 0 aliphatic rings. The first kappa shape index (κ1) is 9.61. The second-order valence-electron chi connectivity index (χ2n) is 2.76. The summed E-state index contributed by atoms with van der Waals surface area (Å²) in [5, 5.41) is 27.6. The molecule has 0 aliphatic carbocycles. The van der Waals surface area contributed by atoms with E-state index in [4.69, 9.17) is 5.11 Å². The quantitative estimate of drug-likeness (QED) is 0.485. The highest BCUT2D eigenvalue weighted by Gasteiger charge is 2.07. The number of aliphatic hydroxyl groups excluding tert-OH is 1. The predicted molar refractivity (Wildman–Crippen MR) is 49.6 cm³/mol. The van der Waals surface area contributed by atoms with E-state index in [9.17, 15) is 10.2 Å². The predicted octanol–water partition coefficient (Wildman–Crippen LogP) is 1.32. The molecule has 1 aromatic carbocycles. The third-order valence-corrected chi connectivity index (χ3v) is 1.79. The molecule has 0 radical (unpaired) electrons. The molecular formula is C10H12O3. The summed E-state index contributed by atoms with van der Waals surface area (Å²) < 4.78 is 0. The van der Waals surface area contributed by atoms with Gasteiger partial charge in [0.05, 0.1) is 6.61 Å². The van der Waals surface area contributed by atoms with Gasteiger partial charge in [-0.25, -0.2) is 0 Å². The van der Waals surface area contributed by atoms with Crippen LogP contribution >= 0.6 is 0 Å². The standard InChI is InChI=1S/C10H12O3/c1-2-3-7-4-9(12)5-8(6-11)10(7)13/h2,4-5,11-13H,1,3,6H2. The molecule has 0 saturated carbocycles. The normalized spacial score (nSPS) is 9.92. The third kappa shape index (κ3) is 2.00. The number of aromatic hydroxyl groups is 2. The van der Waals surface area contributed by atoms with Crippen molar-refractivity contribution >= 4 is 0 Å². The number of phenols is 2. The molecule has 1 rings (SSSR count). The van der Waals surface area contributed by atoms with Crippen LogP contribution in [-0.4, -0.2) is 15.3 Å². The average Bonchev–Trinajstić information content (AvgIpc) is 2.11. The molecule has 0 saturated heterocycles. The molecule has 0 heterocycles. The van der Waals surface area contributed by atoms with Crippen molar-refractivity contribution in [3.05, 3.63) is 35.9 Å². The van der Waals surface area contributed by atoms with Gasteiger partial charge in [0, 0.05) is 11.1 Å². The Hall–Kier alpha value is -1.48. The molecule has 70 valence electrons. The second-order valence-corrected chi connectivity index (χ2v) is 2.76. The zero-order valence-corrected chi connectivity index (χ0v) is 7.20. The van der Waals surface area contributed by atoms with Gasteiger partial charge in [0.1, 0.15) is 11.5 Å². The zero-order valence-electron chi connectivity index (χ0n) is 7.20. The Kier molecular flexibility index (Phi) is 2.93. The van der Waals surface area contributed by atoms with Crippen LogP contribution < -0.4 is 0 Å². The van der Waals surface area contributed by atoms with Gasteiger partial charge in [0.25, 0.3) is 0 Å². The number of hydrogen-bond donors (Lipinski definition) is 3. The van der Waals surface area contributed by atoms with Crippen LogP contribution in [0.1, 0.15) is 11.1 Å². The summed E-state index contributed by atoms with van der Waals surface area (Å²) in [7, 11) is 0. The van der Waals surface area contributed by atoms with Gasteiger partial charge < -0.3 is 15.3 Å². The Balaban J connectivity index is 3.18. The lowest BCUT2D eigenvalue weighted by Gasteiger charge is -2.07. The van der Waals surface area contributed by atoms with Crippen LogP contribution in [0.2, 0.25) is 0 Å². The van der Waals surface area contributed by atoms with Crippen LogP contribution in [0.3, 0.4) is 0 Å². The second kappa shape index (κ2) is 3.96. The topological polar surface area (TPSA) is 60.7 Å². The smallest absolute Gasteiger partial charge is 0.124 e. The number of rotatable bonds is 3. The van der Waals surface area contributed by atoms with Crippen LogP contribution in [0.5, 0.6) is 11.5 Å². The molecule has 13 heavy (non-hydrogen) atoms. The van der Waals surface area contributed by atoms with Gasteiger partial charge in [0.2, 0.25) is 0 Å². The highest BCUT2D eigenvalue weighted by Crippen LogP contribution is 2.28. The van der Waals surface area contributed by atoms with Gasteiger partial charge in [-0.1, -0.05) is 6.08 Å². The summed E-state index contributed by atoms with van der Waals surface area (Å²) in [6.45, 7) is 3.24. The first-order valence-corrected chi connectivity index (χ1v) is 3.94. The summed E-state index contributed by atoms with van der Waals surface area (Å²) in [5.41, 5.74) is 0.899. The van der Waals surface area contributed by atoms with Gasteiger partial charge in [-0.05, 0) is 18.6 Å². The van der Waals surface area contributed by atoms with Crippen molar-refractivity contribution in [2.45, 2.75) is 13.0 Å². The van der Waals surface area contributed by atoms with E-state index in [-0.39, 0.29) is 18.1 Å². The first-order chi connectivity index (χ1) is 6.19. The zero-order chi connectivity index (χ0) is 9.84. The Morgan fingerprint density at radius 2 is 1.85 bits per heavy atom. The van der Waals surface area contributed by atoms with E-state index in [0.29, 0.717) is 17.5 Å². The van der Waals surface area contributed by atoms with Crippen molar-refractivity contribution in [3.63, 3.8) is 0 Å². The minimum absolute atomic E-state index is 0.0280. The number of aliphatic hydroxyl groups is 1. The number of phenolic OH excluding ortho intramolecular Hbond substituents is 1. The summed E-state index contributed by atoms with van der Waals surface area (Å²) in [4.78, 5) is 0. The Bertz CT molecular complexity index is 318. The molecule has 0 spiro atoms. The van der Waals surface area contributed by atoms with Crippen LogP contribution in [0.15, 0.2) is 24.8 Å². The van der Waals surface area contributed by atoms with E-state index in [0.717, 1.165) is 0 Å². The van der Waals surface area contributed by atoms with E-state index >= 15 is 0 Å². The molecule has 3 N–H and O–H groups in total. The van der Waals surface area contributed by atoms with E-state index in [1.54, 1.807) is 6.08 Å². The highest BCUT2D eigenvalue weighted by atomic mass is 16.3. The minimum Gasteiger partial charge on any atom is -0.508 e. The molecule has 0 aromatic heterocycles. The van der Waals surface area contributed by atoms with Gasteiger partial charge in [-0.15, -0.1) is 6.58 Å². The highest BCUT2D eigenvalue weighted by molar-refractivity contribution is 5.46. The average molecular weight is 180 g/mol. The molecule has 0 amide bonds. The monoisotopic (exact) mass is 180 g/mol. The van der Waals surface area contributed by atoms with Crippen molar-refractivity contribution < 1.29 is 15.3 Å². The Morgan fingerprint density at radius 3 is 2.38 bits per heavy atom. The fourth-order valence-electron chi connectivity index (χ4n) is 1.17. The van der Waals surface area contributed by atoms with Crippen LogP contribution in [0.4, 0.5) is 0 Å². The third-order valence-electron chi connectivity index (χ3n) is 1.79. The van der Waals surface area contributed by atoms with E-state index in [1.807, 2.05) is 0 Å². The lowest BCUT2D eigenvalue weighted by Crippen LogP contribution is -1.90. The Morgan fingerprint density at radius 1 is 1.23 bits per heavy atom. The fourth-order valence-corrected chi connectivity index (χ4v) is 1.17. The molecular weight excluding hydrogens is 168 g/mol. The number of benzene rings is 1. The molecule has 0 unspecified atom stereocenters. The van der Waals surface area contributed by atoms with Crippen molar-refractivity contribution in [1.82, 2.24) is 0 Å². The molecule has 3 heteroatoms. The van der Waals surface area contributed by atoms with Gasteiger partial charge in [-0.2, -0.15) is 0 Å². The maximum absolute atomic E-state index is 9.53. The number of hydrogen-bond acceptors (Lipinski definition) is 3. The Labute approximate surface area is 76.6 Å². The van der Waals surface area contributed by atoms with Gasteiger partial charge >= 0.3 is 0 Å². The molecule has 1 aromatic rings. The van der Waals surface area contributed by atoms with Crippen molar-refractivity contribution in [2.75, 3.05) is 0 Å². The van der Waals surface area contributed by atoms with Crippen LogP contribution in [0, 0.1) is 0 Å². The maximum atomic E-state index is 9.53. The number of allylic oxidation sites excluding steroid dienone is 1. The van der Waals surface area contributed by atoms with E-state index < -0.39 is 0 Å². The lowest BCUT2D eigenvalue weighted by molar-refractivity contribution is 0.274. The van der Waals surface area contributed by atoms with E-state index in [2.05, 4.69) is 6.58 Å². The van der Waals surface area contributed by atoms with Gasteiger partial charge in [0.15, 0.2) is 0 Å². The van der Waals surface area contributed by atoms with Crippen molar-refractivity contribution in [2.24, 2.45) is 0 Å². The fraction of sp³-hybridized carbons (Fsp3) is 0.200. The summed E-state index contributed by atoms with van der Waals surface area (Å²) >= 11 is 0. The molecule has 0 atom stereocenters. The van der Waals surface area contributed by atoms with Crippen LogP contribution in [-0.2, 0) is 13.0 Å². The first-order valence-electron chi connectivity index (χ1n) is 3.94. The molecule has 3 nitrogen and oxygen atoms in total. The summed E-state index contributed by atoms with van der Waals surface area (Å²) in [6.07, 6.45) is 2.09. The summed E-state index contributed by atoms with van der Waals surface area (Å²) in [5.74, 6) is 0.0684.